The number of methoxy groups -OCH3 is 1. The van der Waals surface area contributed by atoms with Crippen molar-refractivity contribution in [3.05, 3.63) is 35.7 Å². The van der Waals surface area contributed by atoms with Gasteiger partial charge in [0.05, 0.1) is 7.11 Å². The summed E-state index contributed by atoms with van der Waals surface area (Å²) in [6.45, 7) is 2.51. The van der Waals surface area contributed by atoms with E-state index in [2.05, 4.69) is 14.9 Å². The van der Waals surface area contributed by atoms with Gasteiger partial charge in [0.1, 0.15) is 28.1 Å². The normalized spacial score (nSPS) is 18.0. The van der Waals surface area contributed by atoms with Crippen molar-refractivity contribution in [2.75, 3.05) is 7.11 Å². The van der Waals surface area contributed by atoms with Crippen molar-refractivity contribution in [3.63, 3.8) is 0 Å². The molecule has 1 unspecified atom stereocenters. The van der Waals surface area contributed by atoms with Crippen molar-refractivity contribution in [3.8, 4) is 5.75 Å². The highest BCUT2D eigenvalue weighted by molar-refractivity contribution is 7.89. The van der Waals surface area contributed by atoms with Crippen LogP contribution in [0.15, 0.2) is 23.1 Å². The Morgan fingerprint density at radius 2 is 2.12 bits per heavy atom. The highest BCUT2D eigenvalue weighted by atomic mass is 32.2. The van der Waals surface area contributed by atoms with E-state index in [1.807, 2.05) is 11.5 Å². The lowest BCUT2D eigenvalue weighted by Gasteiger charge is -2.17. The van der Waals surface area contributed by atoms with E-state index in [0.717, 1.165) is 23.8 Å². The van der Waals surface area contributed by atoms with Gasteiger partial charge >= 0.3 is 0 Å². The number of nitrogens with one attached hydrogen (secondary N) is 1. The summed E-state index contributed by atoms with van der Waals surface area (Å²) in [5.74, 6) is 1.17. The number of hydrogen-bond donors (Lipinski definition) is 1. The maximum atomic E-state index is 13.5. The first-order valence-corrected chi connectivity index (χ1v) is 9.13. The van der Waals surface area contributed by atoms with Crippen LogP contribution in [-0.4, -0.2) is 36.3 Å². The Morgan fingerprint density at radius 3 is 2.88 bits per heavy atom. The number of aryl methyl sites for hydroxylation is 2. The number of sulfonamides is 1. The van der Waals surface area contributed by atoms with Gasteiger partial charge in [0, 0.05) is 19.0 Å². The molecule has 1 aliphatic heterocycles. The Morgan fingerprint density at radius 1 is 1.33 bits per heavy atom. The van der Waals surface area contributed by atoms with Crippen molar-refractivity contribution >= 4 is 10.0 Å². The van der Waals surface area contributed by atoms with Crippen molar-refractivity contribution in [1.82, 2.24) is 19.5 Å². The summed E-state index contributed by atoms with van der Waals surface area (Å²) in [5.41, 5.74) is 0. The van der Waals surface area contributed by atoms with Crippen LogP contribution in [-0.2, 0) is 23.0 Å². The monoisotopic (exact) mass is 354 g/mol. The summed E-state index contributed by atoms with van der Waals surface area (Å²) in [7, 11) is -2.53. The number of aromatic nitrogens is 3. The Bertz CT molecular complexity index is 850. The van der Waals surface area contributed by atoms with E-state index in [0.29, 0.717) is 25.8 Å². The fourth-order valence-electron chi connectivity index (χ4n) is 2.89. The van der Waals surface area contributed by atoms with Crippen molar-refractivity contribution < 1.29 is 17.5 Å². The van der Waals surface area contributed by atoms with Crippen molar-refractivity contribution in [1.29, 1.82) is 0 Å². The molecule has 0 saturated heterocycles. The molecule has 1 aliphatic rings. The van der Waals surface area contributed by atoms with Crippen LogP contribution in [0.3, 0.4) is 0 Å². The molecule has 0 amide bonds. The second kappa shape index (κ2) is 6.48. The molecule has 130 valence electrons. The molecule has 0 radical (unpaired) electrons. The van der Waals surface area contributed by atoms with Gasteiger partial charge in [0.15, 0.2) is 0 Å². The second-order valence-corrected chi connectivity index (χ2v) is 7.44. The molecule has 3 rings (SSSR count). The summed E-state index contributed by atoms with van der Waals surface area (Å²) in [6.07, 6.45) is 1.85. The predicted octanol–water partition coefficient (Wildman–Crippen LogP) is 1.42. The van der Waals surface area contributed by atoms with Crippen LogP contribution in [0.1, 0.15) is 24.5 Å². The molecule has 1 atom stereocenters. The fraction of sp³-hybridized carbons (Fsp3) is 0.467. The van der Waals surface area contributed by atoms with Crippen LogP contribution in [0.4, 0.5) is 4.39 Å². The van der Waals surface area contributed by atoms with Crippen LogP contribution in [0.2, 0.25) is 0 Å². The number of ether oxygens (including phenoxy) is 1. The minimum atomic E-state index is -3.88. The zero-order valence-corrected chi connectivity index (χ0v) is 14.3. The molecule has 2 heterocycles. The van der Waals surface area contributed by atoms with Gasteiger partial charge in [-0.05, 0) is 38.0 Å². The molecule has 2 aromatic rings. The lowest BCUT2D eigenvalue weighted by atomic mass is 10.1. The zero-order valence-electron chi connectivity index (χ0n) is 13.5. The number of hydrogen-bond acceptors (Lipinski definition) is 5. The van der Waals surface area contributed by atoms with E-state index >= 15 is 0 Å². The molecule has 24 heavy (non-hydrogen) atoms. The van der Waals surface area contributed by atoms with Crippen LogP contribution < -0.4 is 9.46 Å². The third kappa shape index (κ3) is 3.27. The van der Waals surface area contributed by atoms with E-state index in [4.69, 9.17) is 4.74 Å². The molecule has 7 nitrogen and oxygen atoms in total. The number of rotatable bonds is 4. The third-order valence-corrected chi connectivity index (χ3v) is 5.71. The van der Waals surface area contributed by atoms with E-state index in [1.165, 1.54) is 13.2 Å². The van der Waals surface area contributed by atoms with E-state index < -0.39 is 15.8 Å². The summed E-state index contributed by atoms with van der Waals surface area (Å²) in [5, 5.41) is 8.15. The third-order valence-electron chi connectivity index (χ3n) is 4.17. The maximum absolute atomic E-state index is 13.5. The molecule has 0 bridgehead atoms. The van der Waals surface area contributed by atoms with Gasteiger partial charge < -0.3 is 9.30 Å². The average molecular weight is 354 g/mol. The topological polar surface area (TPSA) is 86.1 Å². The number of benzene rings is 1. The van der Waals surface area contributed by atoms with E-state index in [-0.39, 0.29) is 16.7 Å². The molecule has 0 spiro atoms. The number of nitrogens with zero attached hydrogens (tertiary/aromatic N) is 3. The Balaban J connectivity index is 1.80. The molecule has 1 aromatic heterocycles. The average Bonchev–Trinajstić information content (AvgIpc) is 2.77. The largest absolute Gasteiger partial charge is 0.495 e. The number of halogens is 1. The second-order valence-electron chi connectivity index (χ2n) is 5.76. The Hall–Kier alpha value is -2.00. The van der Waals surface area contributed by atoms with E-state index in [9.17, 15) is 12.8 Å². The SMILES string of the molecule is COc1ccc(F)cc1S(=O)(=O)NC1CCc2nnc(C)n2CC1. The first-order valence-electron chi connectivity index (χ1n) is 7.65. The quantitative estimate of drug-likeness (QED) is 0.897. The van der Waals surface area contributed by atoms with Gasteiger partial charge in [0.2, 0.25) is 10.0 Å². The van der Waals surface area contributed by atoms with Crippen molar-refractivity contribution in [2.24, 2.45) is 0 Å². The van der Waals surface area contributed by atoms with Crippen LogP contribution in [0.25, 0.3) is 0 Å². The lowest BCUT2D eigenvalue weighted by molar-refractivity contribution is 0.399. The Kier molecular flexibility index (Phi) is 4.55. The zero-order chi connectivity index (χ0) is 17.3. The molecule has 1 aromatic carbocycles. The summed E-state index contributed by atoms with van der Waals surface area (Å²) in [6, 6.07) is 3.18. The smallest absolute Gasteiger partial charge is 0.244 e. The Labute approximate surface area is 139 Å². The van der Waals surface area contributed by atoms with Gasteiger partial charge in [0.25, 0.3) is 0 Å². The molecule has 0 saturated carbocycles. The van der Waals surface area contributed by atoms with Gasteiger partial charge in [-0.1, -0.05) is 0 Å². The fourth-order valence-corrected chi connectivity index (χ4v) is 4.38. The summed E-state index contributed by atoms with van der Waals surface area (Å²) in [4.78, 5) is -0.190. The summed E-state index contributed by atoms with van der Waals surface area (Å²) < 4.78 is 48.4. The molecule has 0 fully saturated rings. The minimum Gasteiger partial charge on any atom is -0.495 e. The highest BCUT2D eigenvalue weighted by Crippen LogP contribution is 2.25. The first-order chi connectivity index (χ1) is 11.4. The first kappa shape index (κ1) is 16.8. The van der Waals surface area contributed by atoms with Gasteiger partial charge in [-0.25, -0.2) is 17.5 Å². The van der Waals surface area contributed by atoms with Crippen LogP contribution in [0.5, 0.6) is 5.75 Å². The van der Waals surface area contributed by atoms with Gasteiger partial charge in [-0.3, -0.25) is 0 Å². The number of fused-ring (bicyclic) bond motifs is 1. The molecule has 9 heteroatoms. The minimum absolute atomic E-state index is 0.116. The highest BCUT2D eigenvalue weighted by Gasteiger charge is 2.26. The summed E-state index contributed by atoms with van der Waals surface area (Å²) >= 11 is 0. The molecular weight excluding hydrogens is 335 g/mol. The predicted molar refractivity (Wildman–Crippen MR) is 84.8 cm³/mol. The molecule has 0 aliphatic carbocycles. The van der Waals surface area contributed by atoms with Gasteiger partial charge in [-0.15, -0.1) is 10.2 Å². The van der Waals surface area contributed by atoms with E-state index in [1.54, 1.807) is 0 Å². The maximum Gasteiger partial charge on any atom is 0.244 e. The van der Waals surface area contributed by atoms with Gasteiger partial charge in [-0.2, -0.15) is 0 Å². The molecule has 1 N–H and O–H groups in total. The van der Waals surface area contributed by atoms with Crippen LogP contribution >= 0.6 is 0 Å². The molecular formula is C15H19FN4O3S. The lowest BCUT2D eigenvalue weighted by Crippen LogP contribution is -2.35. The van der Waals surface area contributed by atoms with Crippen molar-refractivity contribution in [2.45, 2.75) is 43.7 Å². The standard InChI is InChI=1S/C15H19FN4O3S/c1-10-17-18-15-6-4-12(7-8-20(10)15)19-24(21,22)14-9-11(16)3-5-13(14)23-2/h3,5,9,12,19H,4,6-8H2,1-2H3. The van der Waals surface area contributed by atoms with Crippen LogP contribution in [0, 0.1) is 12.7 Å².